The van der Waals surface area contributed by atoms with Crippen LogP contribution in [0.4, 0.5) is 19.0 Å². The number of alkyl halides is 3. The number of nitrogens with zero attached hydrogens (tertiary/aromatic N) is 2. The van der Waals surface area contributed by atoms with Gasteiger partial charge in [-0.3, -0.25) is 0 Å². The third-order valence-corrected chi connectivity index (χ3v) is 4.23. The smallest absolute Gasteiger partial charge is 0.397 e. The van der Waals surface area contributed by atoms with Gasteiger partial charge in [0.25, 0.3) is 0 Å². The topological polar surface area (TPSA) is 47.0 Å². The van der Waals surface area contributed by atoms with Crippen molar-refractivity contribution in [1.82, 2.24) is 9.97 Å². The summed E-state index contributed by atoms with van der Waals surface area (Å²) in [7, 11) is 0. The number of hydrogen-bond donors (Lipinski definition) is 1. The summed E-state index contributed by atoms with van der Waals surface area (Å²) in [4.78, 5) is 8.23. The van der Waals surface area contributed by atoms with Crippen LogP contribution in [-0.2, 0) is 0 Å². The molecule has 8 heteroatoms. The van der Waals surface area contributed by atoms with Gasteiger partial charge in [-0.1, -0.05) is 19.3 Å². The summed E-state index contributed by atoms with van der Waals surface area (Å²) in [5.74, 6) is 0.582. The van der Waals surface area contributed by atoms with Gasteiger partial charge in [-0.15, -0.1) is 0 Å². The number of halogens is 3. The highest BCUT2D eigenvalue weighted by Crippen LogP contribution is 2.33. The number of pyridine rings is 2. The second-order valence-electron chi connectivity index (χ2n) is 5.49. The lowest BCUT2D eigenvalue weighted by atomic mass is 9.95. The van der Waals surface area contributed by atoms with Crippen molar-refractivity contribution in [2.45, 2.75) is 43.7 Å². The summed E-state index contributed by atoms with van der Waals surface area (Å²) < 4.78 is 41.3. The molecule has 4 nitrogen and oxygen atoms in total. The Bertz CT molecular complexity index is 675. The second-order valence-corrected chi connectivity index (χ2v) is 6.29. The molecule has 0 spiro atoms. The van der Waals surface area contributed by atoms with Crippen molar-refractivity contribution in [2.24, 2.45) is 0 Å². The number of anilines is 1. The van der Waals surface area contributed by atoms with E-state index in [4.69, 9.17) is 0 Å². The van der Waals surface area contributed by atoms with Gasteiger partial charge >= 0.3 is 5.51 Å². The SMILES string of the molecule is FC(F)(F)SOc1cc2c(NC3CCCCC3)nccc2cn1. The molecule has 1 saturated carbocycles. The van der Waals surface area contributed by atoms with Crippen LogP contribution in [0, 0.1) is 0 Å². The monoisotopic (exact) mass is 343 g/mol. The number of aromatic nitrogens is 2. The lowest BCUT2D eigenvalue weighted by Crippen LogP contribution is -2.22. The molecule has 0 aliphatic heterocycles. The zero-order valence-electron chi connectivity index (χ0n) is 12.3. The van der Waals surface area contributed by atoms with Gasteiger partial charge in [-0.05, 0) is 18.9 Å². The molecule has 0 aromatic carbocycles. The van der Waals surface area contributed by atoms with Crippen LogP contribution < -0.4 is 9.50 Å². The molecule has 2 aromatic heterocycles. The largest absolute Gasteiger partial charge is 0.479 e. The first-order chi connectivity index (χ1) is 11.0. The molecule has 1 N–H and O–H groups in total. The summed E-state index contributed by atoms with van der Waals surface area (Å²) in [6.45, 7) is 0. The fourth-order valence-electron chi connectivity index (χ4n) is 2.74. The van der Waals surface area contributed by atoms with Crippen molar-refractivity contribution in [3.8, 4) is 5.88 Å². The molecule has 1 aliphatic carbocycles. The van der Waals surface area contributed by atoms with Crippen molar-refractivity contribution in [3.05, 3.63) is 24.5 Å². The van der Waals surface area contributed by atoms with Crippen molar-refractivity contribution in [2.75, 3.05) is 5.32 Å². The van der Waals surface area contributed by atoms with Crippen molar-refractivity contribution >= 4 is 28.6 Å². The molecule has 1 fully saturated rings. The Kier molecular flexibility index (Phi) is 4.79. The Morgan fingerprint density at radius 2 is 1.96 bits per heavy atom. The van der Waals surface area contributed by atoms with Gasteiger partial charge in [0.15, 0.2) is 12.0 Å². The molecule has 2 heterocycles. The maximum Gasteiger partial charge on any atom is 0.479 e. The highest BCUT2D eigenvalue weighted by molar-refractivity contribution is 7.95. The van der Waals surface area contributed by atoms with E-state index < -0.39 is 17.6 Å². The minimum absolute atomic E-state index is 0.0838. The molecule has 2 aromatic rings. The lowest BCUT2D eigenvalue weighted by molar-refractivity contribution is -0.0370. The summed E-state index contributed by atoms with van der Waals surface area (Å²) in [5, 5.41) is 4.92. The zero-order valence-corrected chi connectivity index (χ0v) is 13.1. The van der Waals surface area contributed by atoms with Gasteiger partial charge in [0.1, 0.15) is 5.82 Å². The van der Waals surface area contributed by atoms with E-state index in [0.717, 1.165) is 18.2 Å². The highest BCUT2D eigenvalue weighted by atomic mass is 32.2. The molecule has 0 atom stereocenters. The molecule has 124 valence electrons. The molecule has 0 saturated heterocycles. The molecule has 3 rings (SSSR count). The zero-order chi connectivity index (χ0) is 16.3. The third-order valence-electron chi connectivity index (χ3n) is 3.79. The minimum Gasteiger partial charge on any atom is -0.397 e. The first-order valence-electron chi connectivity index (χ1n) is 7.45. The summed E-state index contributed by atoms with van der Waals surface area (Å²) in [6, 6.07) is 3.62. The van der Waals surface area contributed by atoms with Gasteiger partial charge < -0.3 is 9.50 Å². The van der Waals surface area contributed by atoms with E-state index in [2.05, 4.69) is 19.5 Å². The van der Waals surface area contributed by atoms with E-state index in [1.165, 1.54) is 31.5 Å². The molecule has 0 unspecified atom stereocenters. The maximum atomic E-state index is 12.2. The second kappa shape index (κ2) is 6.82. The first-order valence-corrected chi connectivity index (χ1v) is 8.19. The maximum absolute atomic E-state index is 12.2. The summed E-state index contributed by atoms with van der Waals surface area (Å²) >= 11 is -0.567. The van der Waals surface area contributed by atoms with Gasteiger partial charge in [0, 0.05) is 35.3 Å². The summed E-state index contributed by atoms with van der Waals surface area (Å²) in [5.41, 5.74) is -4.46. The predicted octanol–water partition coefficient (Wildman–Crippen LogP) is 4.92. The standard InChI is InChI=1S/C15H16F3N3OS/c16-15(17,18)23-22-13-8-12-10(9-20-13)6-7-19-14(12)21-11-4-2-1-3-5-11/h6-9,11H,1-5H2,(H,19,21). The van der Waals surface area contributed by atoms with E-state index in [1.807, 2.05) is 0 Å². The van der Waals surface area contributed by atoms with Gasteiger partial charge in [-0.2, -0.15) is 13.2 Å². The molecule has 0 radical (unpaired) electrons. The summed E-state index contributed by atoms with van der Waals surface area (Å²) in [6.07, 6.45) is 8.93. The van der Waals surface area contributed by atoms with E-state index in [9.17, 15) is 13.2 Å². The number of nitrogens with one attached hydrogen (secondary N) is 1. The number of hydrogen-bond acceptors (Lipinski definition) is 5. The molecule has 0 bridgehead atoms. The van der Waals surface area contributed by atoms with Gasteiger partial charge in [0.05, 0.1) is 0 Å². The Morgan fingerprint density at radius 3 is 2.70 bits per heavy atom. The fraction of sp³-hybridized carbons (Fsp3) is 0.467. The van der Waals surface area contributed by atoms with E-state index in [-0.39, 0.29) is 5.88 Å². The highest BCUT2D eigenvalue weighted by Gasteiger charge is 2.31. The van der Waals surface area contributed by atoms with Gasteiger partial charge in [0.2, 0.25) is 5.88 Å². The lowest BCUT2D eigenvalue weighted by Gasteiger charge is -2.23. The molecular weight excluding hydrogens is 327 g/mol. The van der Waals surface area contributed by atoms with Crippen LogP contribution in [-0.4, -0.2) is 21.5 Å². The predicted molar refractivity (Wildman–Crippen MR) is 84.3 cm³/mol. The third kappa shape index (κ3) is 4.40. The van der Waals surface area contributed by atoms with Crippen LogP contribution >= 0.6 is 12.0 Å². The molecule has 0 amide bonds. The average molecular weight is 343 g/mol. The Morgan fingerprint density at radius 1 is 1.17 bits per heavy atom. The van der Waals surface area contributed by atoms with E-state index in [0.29, 0.717) is 17.2 Å². The molecular formula is C15H16F3N3OS. The van der Waals surface area contributed by atoms with Crippen LogP contribution in [0.2, 0.25) is 0 Å². The van der Waals surface area contributed by atoms with Crippen LogP contribution in [0.1, 0.15) is 32.1 Å². The van der Waals surface area contributed by atoms with Gasteiger partial charge in [-0.25, -0.2) is 9.97 Å². The van der Waals surface area contributed by atoms with E-state index >= 15 is 0 Å². The van der Waals surface area contributed by atoms with Crippen LogP contribution in [0.3, 0.4) is 0 Å². The first kappa shape index (κ1) is 16.2. The Balaban J connectivity index is 1.82. The van der Waals surface area contributed by atoms with Crippen molar-refractivity contribution in [3.63, 3.8) is 0 Å². The molecule has 23 heavy (non-hydrogen) atoms. The Hall–Kier alpha value is -1.70. The van der Waals surface area contributed by atoms with E-state index in [1.54, 1.807) is 12.3 Å². The average Bonchev–Trinajstić information content (AvgIpc) is 2.53. The number of fused-ring (bicyclic) bond motifs is 1. The van der Waals surface area contributed by atoms with Crippen molar-refractivity contribution < 1.29 is 17.4 Å². The van der Waals surface area contributed by atoms with Crippen LogP contribution in [0.5, 0.6) is 5.88 Å². The normalized spacial score (nSPS) is 16.5. The minimum atomic E-state index is -4.46. The Labute approximate surface area is 136 Å². The number of rotatable bonds is 4. The quantitative estimate of drug-likeness (QED) is 0.798. The van der Waals surface area contributed by atoms with Crippen molar-refractivity contribution in [1.29, 1.82) is 0 Å². The van der Waals surface area contributed by atoms with Crippen LogP contribution in [0.25, 0.3) is 10.8 Å². The molecule has 1 aliphatic rings. The fourth-order valence-corrected chi connectivity index (χ4v) is 3.01. The van der Waals surface area contributed by atoms with Crippen LogP contribution in [0.15, 0.2) is 24.5 Å².